The average Bonchev–Trinajstić information content (AvgIpc) is 3.04. The van der Waals surface area contributed by atoms with Crippen LogP contribution in [0, 0.1) is 11.8 Å². The van der Waals surface area contributed by atoms with Crippen LogP contribution in [0.25, 0.3) is 0 Å². The highest BCUT2D eigenvalue weighted by Gasteiger charge is 2.29. The number of nitrogens with one attached hydrogen (secondary N) is 2. The molecule has 106 valence electrons. The molecule has 4 nitrogen and oxygen atoms in total. The minimum atomic E-state index is 0.532. The summed E-state index contributed by atoms with van der Waals surface area (Å²) in [4.78, 5) is 0. The van der Waals surface area contributed by atoms with Gasteiger partial charge in [-0.2, -0.15) is 0 Å². The second-order valence-electron chi connectivity index (χ2n) is 5.68. The Morgan fingerprint density at radius 1 is 1.22 bits per heavy atom. The molecule has 2 aliphatic rings. The summed E-state index contributed by atoms with van der Waals surface area (Å²) in [6.45, 7) is 10.3. The fourth-order valence-corrected chi connectivity index (χ4v) is 2.81. The van der Waals surface area contributed by atoms with Gasteiger partial charge < -0.3 is 20.1 Å². The third-order valence-electron chi connectivity index (χ3n) is 4.23. The van der Waals surface area contributed by atoms with Crippen LogP contribution >= 0.6 is 0 Å². The Labute approximate surface area is 111 Å². The molecule has 2 heterocycles. The molecular weight excluding hydrogens is 228 g/mol. The van der Waals surface area contributed by atoms with Gasteiger partial charge in [-0.05, 0) is 32.2 Å². The number of hydrogen-bond acceptors (Lipinski definition) is 4. The number of rotatable bonds is 7. The van der Waals surface area contributed by atoms with Crippen molar-refractivity contribution in [3.05, 3.63) is 0 Å². The molecule has 0 bridgehead atoms. The van der Waals surface area contributed by atoms with Crippen LogP contribution in [0.1, 0.15) is 26.7 Å². The van der Waals surface area contributed by atoms with Crippen LogP contribution in [-0.4, -0.2) is 51.6 Å². The summed E-state index contributed by atoms with van der Waals surface area (Å²) < 4.78 is 11.0. The molecule has 2 saturated heterocycles. The van der Waals surface area contributed by atoms with E-state index in [9.17, 15) is 0 Å². The molecule has 2 rings (SSSR count). The van der Waals surface area contributed by atoms with Crippen molar-refractivity contribution in [2.45, 2.75) is 38.8 Å². The van der Waals surface area contributed by atoms with Gasteiger partial charge in [-0.3, -0.25) is 0 Å². The summed E-state index contributed by atoms with van der Waals surface area (Å²) in [7, 11) is 0. The molecule has 4 heteroatoms. The molecule has 18 heavy (non-hydrogen) atoms. The topological polar surface area (TPSA) is 42.5 Å². The van der Waals surface area contributed by atoms with Gasteiger partial charge in [0, 0.05) is 31.2 Å². The van der Waals surface area contributed by atoms with E-state index < -0.39 is 0 Å². The van der Waals surface area contributed by atoms with Crippen LogP contribution in [0.15, 0.2) is 0 Å². The monoisotopic (exact) mass is 256 g/mol. The third kappa shape index (κ3) is 3.92. The van der Waals surface area contributed by atoms with Crippen molar-refractivity contribution >= 4 is 0 Å². The molecule has 0 aromatic heterocycles. The van der Waals surface area contributed by atoms with Crippen molar-refractivity contribution in [2.75, 3.05) is 39.5 Å². The predicted molar refractivity (Wildman–Crippen MR) is 72.8 cm³/mol. The maximum absolute atomic E-state index is 5.60. The summed E-state index contributed by atoms with van der Waals surface area (Å²) in [5.41, 5.74) is 0. The van der Waals surface area contributed by atoms with Gasteiger partial charge in [0.15, 0.2) is 0 Å². The van der Waals surface area contributed by atoms with Gasteiger partial charge in [-0.1, -0.05) is 6.92 Å². The van der Waals surface area contributed by atoms with Crippen molar-refractivity contribution < 1.29 is 9.47 Å². The molecule has 0 radical (unpaired) electrons. The Kier molecular flexibility index (Phi) is 5.89. The molecule has 4 unspecified atom stereocenters. The molecular formula is C14H28N2O2. The highest BCUT2D eigenvalue weighted by Crippen LogP contribution is 2.18. The van der Waals surface area contributed by atoms with Crippen molar-refractivity contribution in [3.8, 4) is 0 Å². The minimum absolute atomic E-state index is 0.532. The van der Waals surface area contributed by atoms with E-state index >= 15 is 0 Å². The van der Waals surface area contributed by atoms with Crippen LogP contribution in [0.5, 0.6) is 0 Å². The lowest BCUT2D eigenvalue weighted by atomic mass is 9.98. The zero-order valence-corrected chi connectivity index (χ0v) is 11.8. The van der Waals surface area contributed by atoms with E-state index in [2.05, 4.69) is 24.5 Å². The van der Waals surface area contributed by atoms with Gasteiger partial charge in [-0.15, -0.1) is 0 Å². The van der Waals surface area contributed by atoms with E-state index in [0.29, 0.717) is 23.9 Å². The molecule has 2 aliphatic heterocycles. The van der Waals surface area contributed by atoms with E-state index in [4.69, 9.17) is 9.47 Å². The summed E-state index contributed by atoms with van der Waals surface area (Å²) in [6, 6.07) is 1.09. The zero-order chi connectivity index (χ0) is 12.8. The second-order valence-corrected chi connectivity index (χ2v) is 5.68. The lowest BCUT2D eigenvalue weighted by molar-refractivity contribution is 0.173. The van der Waals surface area contributed by atoms with Crippen LogP contribution in [0.2, 0.25) is 0 Å². The van der Waals surface area contributed by atoms with Gasteiger partial charge in [0.05, 0.1) is 19.8 Å². The molecule has 0 amide bonds. The van der Waals surface area contributed by atoms with Gasteiger partial charge in [0.1, 0.15) is 0 Å². The number of ether oxygens (including phenoxy) is 2. The average molecular weight is 256 g/mol. The molecule has 0 aliphatic carbocycles. The number of hydrogen-bond donors (Lipinski definition) is 2. The Balaban J connectivity index is 1.68. The van der Waals surface area contributed by atoms with Crippen molar-refractivity contribution in [2.24, 2.45) is 11.8 Å². The van der Waals surface area contributed by atoms with Crippen LogP contribution < -0.4 is 10.6 Å². The lowest BCUT2D eigenvalue weighted by Gasteiger charge is -2.24. The SMILES string of the molecule is CCCNC1COCC1CNC(C)C1CCOC1. The Morgan fingerprint density at radius 3 is 2.83 bits per heavy atom. The van der Waals surface area contributed by atoms with Gasteiger partial charge in [0.25, 0.3) is 0 Å². The quantitative estimate of drug-likeness (QED) is 0.713. The first-order valence-corrected chi connectivity index (χ1v) is 7.43. The minimum Gasteiger partial charge on any atom is -0.381 e. The molecule has 0 saturated carbocycles. The first-order chi connectivity index (χ1) is 8.81. The maximum Gasteiger partial charge on any atom is 0.0623 e. The molecule has 2 N–H and O–H groups in total. The van der Waals surface area contributed by atoms with Crippen LogP contribution in [0.4, 0.5) is 0 Å². The Hall–Kier alpha value is -0.160. The summed E-state index contributed by atoms with van der Waals surface area (Å²) in [5.74, 6) is 1.30. The summed E-state index contributed by atoms with van der Waals surface area (Å²) >= 11 is 0. The summed E-state index contributed by atoms with van der Waals surface area (Å²) in [5, 5.41) is 7.26. The van der Waals surface area contributed by atoms with Crippen molar-refractivity contribution in [1.29, 1.82) is 0 Å². The van der Waals surface area contributed by atoms with E-state index in [-0.39, 0.29) is 0 Å². The normalized spacial score (nSPS) is 34.0. The first-order valence-electron chi connectivity index (χ1n) is 7.43. The van der Waals surface area contributed by atoms with E-state index in [1.807, 2.05) is 0 Å². The van der Waals surface area contributed by atoms with Gasteiger partial charge in [-0.25, -0.2) is 0 Å². The van der Waals surface area contributed by atoms with Crippen molar-refractivity contribution in [1.82, 2.24) is 10.6 Å². The maximum atomic E-state index is 5.60. The molecule has 0 spiro atoms. The Bertz CT molecular complexity index is 232. The summed E-state index contributed by atoms with van der Waals surface area (Å²) in [6.07, 6.45) is 2.39. The predicted octanol–water partition coefficient (Wildman–Crippen LogP) is 1.02. The van der Waals surface area contributed by atoms with E-state index in [1.54, 1.807) is 0 Å². The zero-order valence-electron chi connectivity index (χ0n) is 11.8. The van der Waals surface area contributed by atoms with Crippen LogP contribution in [0.3, 0.4) is 0 Å². The molecule has 2 fully saturated rings. The highest BCUT2D eigenvalue weighted by molar-refractivity contribution is 4.85. The molecule has 0 aromatic rings. The standard InChI is InChI=1S/C14H28N2O2/c1-3-5-15-14-10-18-9-13(14)7-16-11(2)12-4-6-17-8-12/h11-16H,3-10H2,1-2H3. The fraction of sp³-hybridized carbons (Fsp3) is 1.00. The van der Waals surface area contributed by atoms with E-state index in [0.717, 1.165) is 39.5 Å². The molecule has 0 aromatic carbocycles. The van der Waals surface area contributed by atoms with Crippen molar-refractivity contribution in [3.63, 3.8) is 0 Å². The molecule has 4 atom stereocenters. The second kappa shape index (κ2) is 7.43. The van der Waals surface area contributed by atoms with Gasteiger partial charge in [0.2, 0.25) is 0 Å². The van der Waals surface area contributed by atoms with E-state index in [1.165, 1.54) is 12.8 Å². The van der Waals surface area contributed by atoms with Crippen LogP contribution in [-0.2, 0) is 9.47 Å². The fourth-order valence-electron chi connectivity index (χ4n) is 2.81. The van der Waals surface area contributed by atoms with Gasteiger partial charge >= 0.3 is 0 Å². The first kappa shape index (κ1) is 14.3. The Morgan fingerprint density at radius 2 is 2.11 bits per heavy atom. The third-order valence-corrected chi connectivity index (χ3v) is 4.23. The largest absolute Gasteiger partial charge is 0.381 e. The smallest absolute Gasteiger partial charge is 0.0623 e. The lowest BCUT2D eigenvalue weighted by Crippen LogP contribution is -2.44. The highest BCUT2D eigenvalue weighted by atomic mass is 16.5.